The molecule has 6 nitrogen and oxygen atoms in total. The largest absolute Gasteiger partial charge is 0.496 e. The SMILES string of the molecule is CN=C(NCc1cc(Br)ccc1OC)N(C)CC(=O)NC(C)(C)C. The number of guanidine groups is 1. The van der Waals surface area contributed by atoms with E-state index in [0.717, 1.165) is 15.8 Å². The minimum absolute atomic E-state index is 0.0482. The van der Waals surface area contributed by atoms with Gasteiger partial charge in [-0.3, -0.25) is 9.79 Å². The van der Waals surface area contributed by atoms with Gasteiger partial charge in [-0.15, -0.1) is 0 Å². The molecular weight excluding hydrogens is 372 g/mol. The van der Waals surface area contributed by atoms with Crippen LogP contribution in [0.25, 0.3) is 0 Å². The Bertz CT molecular complexity index is 597. The van der Waals surface area contributed by atoms with Crippen molar-refractivity contribution in [1.82, 2.24) is 15.5 Å². The second-order valence-corrected chi connectivity index (χ2v) is 7.43. The third-order valence-electron chi connectivity index (χ3n) is 3.15. The smallest absolute Gasteiger partial charge is 0.240 e. The maximum absolute atomic E-state index is 12.0. The van der Waals surface area contributed by atoms with Crippen LogP contribution < -0.4 is 15.4 Å². The van der Waals surface area contributed by atoms with Crippen LogP contribution >= 0.6 is 15.9 Å². The Kier molecular flexibility index (Phi) is 7.54. The van der Waals surface area contributed by atoms with Crippen molar-refractivity contribution in [3.8, 4) is 5.75 Å². The van der Waals surface area contributed by atoms with Crippen molar-refractivity contribution < 1.29 is 9.53 Å². The number of carbonyl (C=O) groups is 1. The lowest BCUT2D eigenvalue weighted by Crippen LogP contribution is -2.48. The predicted molar refractivity (Wildman–Crippen MR) is 101 cm³/mol. The number of nitrogens with one attached hydrogen (secondary N) is 2. The number of likely N-dealkylation sites (N-methyl/N-ethyl adjacent to an activating group) is 1. The number of benzene rings is 1. The predicted octanol–water partition coefficient (Wildman–Crippen LogP) is 2.38. The van der Waals surface area contributed by atoms with Gasteiger partial charge in [0, 0.05) is 36.2 Å². The molecule has 1 amide bonds. The molecule has 0 aliphatic heterocycles. The Morgan fingerprint density at radius 1 is 1.38 bits per heavy atom. The molecule has 0 fully saturated rings. The number of hydrogen-bond acceptors (Lipinski definition) is 3. The second kappa shape index (κ2) is 8.92. The van der Waals surface area contributed by atoms with Crippen molar-refractivity contribution >= 4 is 27.8 Å². The van der Waals surface area contributed by atoms with Gasteiger partial charge in [0.15, 0.2) is 5.96 Å². The fraction of sp³-hybridized carbons (Fsp3) is 0.529. The van der Waals surface area contributed by atoms with Gasteiger partial charge >= 0.3 is 0 Å². The standard InChI is InChI=1S/C17H27BrN4O2/c1-17(2,3)21-15(23)11-22(5)16(19-4)20-10-12-9-13(18)7-8-14(12)24-6/h7-9H,10-11H2,1-6H3,(H,19,20)(H,21,23). The molecule has 0 atom stereocenters. The van der Waals surface area contributed by atoms with E-state index in [0.29, 0.717) is 12.5 Å². The van der Waals surface area contributed by atoms with Crippen molar-refractivity contribution in [2.45, 2.75) is 32.9 Å². The van der Waals surface area contributed by atoms with E-state index in [2.05, 4.69) is 31.6 Å². The first-order valence-corrected chi connectivity index (χ1v) is 8.51. The van der Waals surface area contributed by atoms with Crippen molar-refractivity contribution in [2.75, 3.05) is 27.7 Å². The summed E-state index contributed by atoms with van der Waals surface area (Å²) in [5, 5.41) is 6.19. The highest BCUT2D eigenvalue weighted by atomic mass is 79.9. The van der Waals surface area contributed by atoms with Crippen LogP contribution in [0.3, 0.4) is 0 Å². The van der Waals surface area contributed by atoms with Gasteiger partial charge in [0.1, 0.15) is 5.75 Å². The average Bonchev–Trinajstić information content (AvgIpc) is 2.45. The van der Waals surface area contributed by atoms with Crippen LogP contribution in [0.4, 0.5) is 0 Å². The van der Waals surface area contributed by atoms with E-state index in [4.69, 9.17) is 4.74 Å². The van der Waals surface area contributed by atoms with Crippen LogP contribution in [0.5, 0.6) is 5.75 Å². The molecule has 0 saturated heterocycles. The number of ether oxygens (including phenoxy) is 1. The molecule has 7 heteroatoms. The van der Waals surface area contributed by atoms with Gasteiger partial charge in [-0.05, 0) is 39.0 Å². The van der Waals surface area contributed by atoms with Crippen LogP contribution in [0, 0.1) is 0 Å². The number of methoxy groups -OCH3 is 1. The molecule has 2 N–H and O–H groups in total. The highest BCUT2D eigenvalue weighted by Gasteiger charge is 2.17. The molecule has 0 aromatic heterocycles. The van der Waals surface area contributed by atoms with Crippen LogP contribution in [0.2, 0.25) is 0 Å². The number of aliphatic imine (C=N–C) groups is 1. The molecular formula is C17H27BrN4O2. The Labute approximate surface area is 152 Å². The van der Waals surface area contributed by atoms with Gasteiger partial charge < -0.3 is 20.3 Å². The van der Waals surface area contributed by atoms with Crippen LogP contribution in [0.15, 0.2) is 27.7 Å². The first-order valence-electron chi connectivity index (χ1n) is 7.71. The molecule has 0 heterocycles. The molecule has 134 valence electrons. The highest BCUT2D eigenvalue weighted by Crippen LogP contribution is 2.22. The van der Waals surface area contributed by atoms with E-state index in [1.807, 2.05) is 46.0 Å². The van der Waals surface area contributed by atoms with E-state index >= 15 is 0 Å². The Balaban J connectivity index is 2.68. The maximum atomic E-state index is 12.0. The lowest BCUT2D eigenvalue weighted by Gasteiger charge is -2.25. The third kappa shape index (κ3) is 6.78. The Morgan fingerprint density at radius 3 is 2.58 bits per heavy atom. The van der Waals surface area contributed by atoms with Crippen molar-refractivity contribution in [3.05, 3.63) is 28.2 Å². The number of nitrogens with zero attached hydrogens (tertiary/aromatic N) is 2. The molecule has 0 saturated carbocycles. The summed E-state index contributed by atoms with van der Waals surface area (Å²) >= 11 is 3.46. The Hall–Kier alpha value is -1.76. The average molecular weight is 399 g/mol. The summed E-state index contributed by atoms with van der Waals surface area (Å²) in [6.07, 6.45) is 0. The first-order chi connectivity index (χ1) is 11.2. The fourth-order valence-corrected chi connectivity index (χ4v) is 2.60. The molecule has 0 unspecified atom stereocenters. The van der Waals surface area contributed by atoms with Gasteiger partial charge in [0.2, 0.25) is 5.91 Å². The van der Waals surface area contributed by atoms with Crippen molar-refractivity contribution in [2.24, 2.45) is 4.99 Å². The molecule has 0 radical (unpaired) electrons. The van der Waals surface area contributed by atoms with Crippen LogP contribution in [0.1, 0.15) is 26.3 Å². The van der Waals surface area contributed by atoms with Gasteiger partial charge in [-0.2, -0.15) is 0 Å². The minimum atomic E-state index is -0.251. The number of halogens is 1. The first kappa shape index (κ1) is 20.3. The van der Waals surface area contributed by atoms with E-state index in [-0.39, 0.29) is 18.0 Å². The highest BCUT2D eigenvalue weighted by molar-refractivity contribution is 9.10. The summed E-state index contributed by atoms with van der Waals surface area (Å²) in [6.45, 7) is 6.64. The topological polar surface area (TPSA) is 66.0 Å². The zero-order chi connectivity index (χ0) is 18.3. The maximum Gasteiger partial charge on any atom is 0.240 e. The number of amides is 1. The third-order valence-corrected chi connectivity index (χ3v) is 3.64. The van der Waals surface area contributed by atoms with Crippen LogP contribution in [-0.4, -0.2) is 50.1 Å². The number of rotatable bonds is 5. The summed E-state index contributed by atoms with van der Waals surface area (Å²) in [4.78, 5) is 18.1. The summed E-state index contributed by atoms with van der Waals surface area (Å²) < 4.78 is 6.35. The molecule has 1 aromatic carbocycles. The lowest BCUT2D eigenvalue weighted by atomic mass is 10.1. The summed E-state index contributed by atoms with van der Waals surface area (Å²) in [7, 11) is 5.17. The zero-order valence-corrected chi connectivity index (χ0v) is 16.8. The fourth-order valence-electron chi connectivity index (χ4n) is 2.19. The zero-order valence-electron chi connectivity index (χ0n) is 15.2. The quantitative estimate of drug-likeness (QED) is 0.590. The molecule has 0 bridgehead atoms. The molecule has 0 spiro atoms. The summed E-state index contributed by atoms with van der Waals surface area (Å²) in [6, 6.07) is 5.83. The summed E-state index contributed by atoms with van der Waals surface area (Å²) in [5.74, 6) is 1.39. The van der Waals surface area contributed by atoms with Gasteiger partial charge in [-0.25, -0.2) is 0 Å². The van der Waals surface area contributed by atoms with Gasteiger partial charge in [0.05, 0.1) is 13.7 Å². The monoisotopic (exact) mass is 398 g/mol. The van der Waals surface area contributed by atoms with Crippen molar-refractivity contribution in [3.63, 3.8) is 0 Å². The summed E-state index contributed by atoms with van der Waals surface area (Å²) in [5.41, 5.74) is 0.749. The minimum Gasteiger partial charge on any atom is -0.496 e. The van der Waals surface area contributed by atoms with E-state index in [1.54, 1.807) is 19.1 Å². The second-order valence-electron chi connectivity index (χ2n) is 6.51. The molecule has 1 rings (SSSR count). The molecule has 0 aliphatic carbocycles. The van der Waals surface area contributed by atoms with E-state index in [1.165, 1.54) is 0 Å². The van der Waals surface area contributed by atoms with E-state index in [9.17, 15) is 4.79 Å². The van der Waals surface area contributed by atoms with Gasteiger partial charge in [0.25, 0.3) is 0 Å². The van der Waals surface area contributed by atoms with E-state index < -0.39 is 0 Å². The van der Waals surface area contributed by atoms with Gasteiger partial charge in [-0.1, -0.05) is 15.9 Å². The van der Waals surface area contributed by atoms with Crippen molar-refractivity contribution in [1.29, 1.82) is 0 Å². The Morgan fingerprint density at radius 2 is 2.04 bits per heavy atom. The number of hydrogen-bond donors (Lipinski definition) is 2. The normalized spacial score (nSPS) is 11.9. The molecule has 0 aliphatic rings. The number of carbonyl (C=O) groups excluding carboxylic acids is 1. The molecule has 1 aromatic rings. The lowest BCUT2D eigenvalue weighted by molar-refractivity contribution is -0.122. The van der Waals surface area contributed by atoms with Crippen LogP contribution in [-0.2, 0) is 11.3 Å². The molecule has 24 heavy (non-hydrogen) atoms.